The van der Waals surface area contributed by atoms with Crippen molar-refractivity contribution in [3.05, 3.63) is 42.1 Å². The van der Waals surface area contributed by atoms with Gasteiger partial charge in [0.05, 0.1) is 5.25 Å². The second kappa shape index (κ2) is 6.08. The van der Waals surface area contributed by atoms with E-state index < -0.39 is 0 Å². The molecule has 136 valence electrons. The third-order valence-corrected chi connectivity index (χ3v) is 7.96. The Hall–Kier alpha value is -1.88. The van der Waals surface area contributed by atoms with Crippen LogP contribution in [-0.2, 0) is 4.79 Å². The zero-order valence-electron chi connectivity index (χ0n) is 15.7. The quantitative estimate of drug-likeness (QED) is 0.770. The van der Waals surface area contributed by atoms with E-state index in [1.807, 2.05) is 43.3 Å². The first kappa shape index (κ1) is 17.5. The van der Waals surface area contributed by atoms with Gasteiger partial charge in [0.25, 0.3) is 0 Å². The minimum absolute atomic E-state index is 0.0134. The van der Waals surface area contributed by atoms with Gasteiger partial charge in [0.1, 0.15) is 11.6 Å². The molecule has 1 aromatic carbocycles. The minimum Gasteiger partial charge on any atom is -0.340 e. The summed E-state index contributed by atoms with van der Waals surface area (Å²) in [5.41, 5.74) is 1.96. The topological polar surface area (TPSA) is 54.9 Å². The standard InChI is InChI=1S/C21H25N3OS/c1-13-12-16(23-14-8-6-5-7-9-14)24-19(22-13)26-18-17(25)15-10-11-21(18,4)20(15,2)3/h5-9,12,15,18H,10-11H2,1-4H3,(H,22,23,24)/t15-,18-,21-/m0/s1. The number of hydrogen-bond acceptors (Lipinski definition) is 5. The zero-order valence-corrected chi connectivity index (χ0v) is 16.6. The summed E-state index contributed by atoms with van der Waals surface area (Å²) in [6.07, 6.45) is 2.13. The van der Waals surface area contributed by atoms with E-state index in [9.17, 15) is 4.79 Å². The van der Waals surface area contributed by atoms with Gasteiger partial charge in [-0.25, -0.2) is 9.97 Å². The van der Waals surface area contributed by atoms with E-state index in [2.05, 4.69) is 36.1 Å². The van der Waals surface area contributed by atoms with E-state index in [0.29, 0.717) is 10.9 Å². The number of ketones is 1. The molecule has 5 heteroatoms. The lowest BCUT2D eigenvalue weighted by Crippen LogP contribution is -2.35. The summed E-state index contributed by atoms with van der Waals surface area (Å²) >= 11 is 1.55. The monoisotopic (exact) mass is 367 g/mol. The molecule has 0 spiro atoms. The van der Waals surface area contributed by atoms with Gasteiger partial charge in [0.15, 0.2) is 5.16 Å². The molecule has 0 radical (unpaired) electrons. The molecule has 2 aliphatic carbocycles. The van der Waals surface area contributed by atoms with Crippen LogP contribution in [0.5, 0.6) is 0 Å². The summed E-state index contributed by atoms with van der Waals surface area (Å²) < 4.78 is 0. The van der Waals surface area contributed by atoms with Crippen LogP contribution >= 0.6 is 11.8 Å². The van der Waals surface area contributed by atoms with Gasteiger partial charge in [0.2, 0.25) is 0 Å². The Bertz CT molecular complexity index is 852. The molecule has 1 heterocycles. The first-order valence-corrected chi connectivity index (χ1v) is 10.1. The van der Waals surface area contributed by atoms with Crippen molar-refractivity contribution >= 4 is 29.1 Å². The van der Waals surface area contributed by atoms with Gasteiger partial charge >= 0.3 is 0 Å². The molecule has 4 nitrogen and oxygen atoms in total. The Labute approximate surface area is 159 Å². The molecule has 0 aliphatic heterocycles. The van der Waals surface area contributed by atoms with Crippen LogP contribution in [0.25, 0.3) is 0 Å². The van der Waals surface area contributed by atoms with E-state index in [4.69, 9.17) is 0 Å². The molecule has 1 N–H and O–H groups in total. The van der Waals surface area contributed by atoms with Crippen molar-refractivity contribution in [3.8, 4) is 0 Å². The molecule has 2 bridgehead atoms. The predicted octanol–water partition coefficient (Wildman–Crippen LogP) is 5.01. The van der Waals surface area contributed by atoms with Crippen LogP contribution < -0.4 is 5.32 Å². The molecule has 0 unspecified atom stereocenters. The summed E-state index contributed by atoms with van der Waals surface area (Å²) in [5, 5.41) is 3.96. The number of rotatable bonds is 4. The van der Waals surface area contributed by atoms with Crippen molar-refractivity contribution in [1.29, 1.82) is 0 Å². The Morgan fingerprint density at radius 2 is 1.88 bits per heavy atom. The Morgan fingerprint density at radius 1 is 1.15 bits per heavy atom. The van der Waals surface area contributed by atoms with Crippen molar-refractivity contribution in [2.45, 2.75) is 50.9 Å². The molecule has 4 rings (SSSR count). The number of anilines is 2. The fourth-order valence-electron chi connectivity index (χ4n) is 4.61. The molecule has 1 aromatic heterocycles. The number of fused-ring (bicyclic) bond motifs is 2. The maximum absolute atomic E-state index is 13.0. The molecular formula is C21H25N3OS. The number of thioether (sulfide) groups is 1. The average molecular weight is 368 g/mol. The number of para-hydroxylation sites is 1. The second-order valence-corrected chi connectivity index (χ2v) is 9.37. The largest absolute Gasteiger partial charge is 0.340 e. The van der Waals surface area contributed by atoms with Crippen molar-refractivity contribution in [2.75, 3.05) is 5.32 Å². The van der Waals surface area contributed by atoms with E-state index in [1.165, 1.54) is 0 Å². The molecule has 2 saturated carbocycles. The van der Waals surface area contributed by atoms with Gasteiger partial charge in [-0.15, -0.1) is 0 Å². The number of aryl methyl sites for hydroxylation is 1. The number of hydrogen-bond donors (Lipinski definition) is 1. The van der Waals surface area contributed by atoms with Crippen molar-refractivity contribution in [2.24, 2.45) is 16.7 Å². The molecular weight excluding hydrogens is 342 g/mol. The summed E-state index contributed by atoms with van der Waals surface area (Å²) in [6.45, 7) is 8.75. The van der Waals surface area contributed by atoms with Crippen LogP contribution in [0.4, 0.5) is 11.5 Å². The zero-order chi connectivity index (χ0) is 18.5. The summed E-state index contributed by atoms with van der Waals surface area (Å²) in [5.74, 6) is 1.33. The number of nitrogens with one attached hydrogen (secondary N) is 1. The Balaban J connectivity index is 1.60. The number of carbonyl (C=O) groups excluding carboxylic acids is 1. The van der Waals surface area contributed by atoms with Crippen molar-refractivity contribution < 1.29 is 4.79 Å². The van der Waals surface area contributed by atoms with E-state index in [0.717, 1.165) is 30.0 Å². The fourth-order valence-corrected chi connectivity index (χ4v) is 6.13. The van der Waals surface area contributed by atoms with E-state index in [1.54, 1.807) is 11.8 Å². The first-order chi connectivity index (χ1) is 12.3. The summed E-state index contributed by atoms with van der Waals surface area (Å²) in [6, 6.07) is 11.9. The molecule has 0 saturated heterocycles. The smallest absolute Gasteiger partial charge is 0.190 e. The van der Waals surface area contributed by atoms with Crippen molar-refractivity contribution in [1.82, 2.24) is 9.97 Å². The van der Waals surface area contributed by atoms with Crippen LogP contribution in [0, 0.1) is 23.7 Å². The molecule has 0 amide bonds. The lowest BCUT2D eigenvalue weighted by molar-refractivity contribution is -0.122. The number of Topliss-reactive ketones (excluding diaryl/α,β-unsaturated/α-hetero) is 1. The number of carbonyl (C=O) groups is 1. The lowest BCUT2D eigenvalue weighted by atomic mass is 9.71. The molecule has 3 atom stereocenters. The van der Waals surface area contributed by atoms with E-state index >= 15 is 0 Å². The minimum atomic E-state index is -0.0531. The van der Waals surface area contributed by atoms with Crippen LogP contribution in [0.2, 0.25) is 0 Å². The lowest BCUT2D eigenvalue weighted by Gasteiger charge is -2.37. The molecule has 2 aromatic rings. The Morgan fingerprint density at radius 3 is 2.54 bits per heavy atom. The third-order valence-electron chi connectivity index (χ3n) is 6.58. The van der Waals surface area contributed by atoms with Gasteiger partial charge in [-0.05, 0) is 42.7 Å². The van der Waals surface area contributed by atoms with Gasteiger partial charge in [-0.3, -0.25) is 4.79 Å². The van der Waals surface area contributed by atoms with Gasteiger partial charge in [-0.2, -0.15) is 0 Å². The molecule has 26 heavy (non-hydrogen) atoms. The number of nitrogens with zero attached hydrogens (tertiary/aromatic N) is 2. The Kier molecular flexibility index (Phi) is 4.10. The predicted molar refractivity (Wildman–Crippen MR) is 106 cm³/mol. The van der Waals surface area contributed by atoms with Crippen LogP contribution in [0.1, 0.15) is 39.3 Å². The molecule has 2 fully saturated rings. The highest BCUT2D eigenvalue weighted by Crippen LogP contribution is 2.67. The highest BCUT2D eigenvalue weighted by atomic mass is 32.2. The maximum atomic E-state index is 13.0. The highest BCUT2D eigenvalue weighted by Gasteiger charge is 2.66. The average Bonchev–Trinajstić information content (AvgIpc) is 2.89. The van der Waals surface area contributed by atoms with Crippen LogP contribution in [0.3, 0.4) is 0 Å². The number of benzene rings is 1. The number of aromatic nitrogens is 2. The maximum Gasteiger partial charge on any atom is 0.190 e. The first-order valence-electron chi connectivity index (χ1n) is 9.19. The fraction of sp³-hybridized carbons (Fsp3) is 0.476. The summed E-state index contributed by atoms with van der Waals surface area (Å²) in [7, 11) is 0. The van der Waals surface area contributed by atoms with Gasteiger partial charge in [0, 0.05) is 23.4 Å². The normalized spacial score (nSPS) is 29.2. The SMILES string of the molecule is Cc1cc(Nc2ccccc2)nc(S[C@H]2C(=O)[C@@H]3CC[C@]2(C)C3(C)C)n1. The van der Waals surface area contributed by atoms with E-state index in [-0.39, 0.29) is 22.0 Å². The third kappa shape index (κ3) is 2.64. The molecule has 2 aliphatic rings. The van der Waals surface area contributed by atoms with Gasteiger partial charge < -0.3 is 5.32 Å². The van der Waals surface area contributed by atoms with Crippen LogP contribution in [0.15, 0.2) is 41.6 Å². The van der Waals surface area contributed by atoms with Crippen LogP contribution in [-0.4, -0.2) is 21.0 Å². The summed E-state index contributed by atoms with van der Waals surface area (Å²) in [4.78, 5) is 22.2. The van der Waals surface area contributed by atoms with Gasteiger partial charge in [-0.1, -0.05) is 50.7 Å². The highest BCUT2D eigenvalue weighted by molar-refractivity contribution is 8.00. The second-order valence-electron chi connectivity index (χ2n) is 8.30. The van der Waals surface area contributed by atoms with Crippen molar-refractivity contribution in [3.63, 3.8) is 0 Å².